The number of methoxy groups -OCH3 is 3. The van der Waals surface area contributed by atoms with Crippen LogP contribution in [-0.4, -0.2) is 43.8 Å². The number of amides is 1. The van der Waals surface area contributed by atoms with Crippen molar-refractivity contribution in [2.75, 3.05) is 27.9 Å². The number of para-hydroxylation sites is 1. The molecule has 0 fully saturated rings. The van der Waals surface area contributed by atoms with Gasteiger partial charge in [-0.2, -0.15) is 0 Å². The number of ether oxygens (including phenoxy) is 3. The smallest absolute Gasteiger partial charge is 0.276 e. The van der Waals surface area contributed by atoms with Crippen LogP contribution in [0.2, 0.25) is 0 Å². The van der Waals surface area contributed by atoms with Gasteiger partial charge in [0.25, 0.3) is 5.91 Å². The van der Waals surface area contributed by atoms with Gasteiger partial charge >= 0.3 is 0 Å². The van der Waals surface area contributed by atoms with E-state index in [1.54, 1.807) is 32.3 Å². The summed E-state index contributed by atoms with van der Waals surface area (Å²) in [5.41, 5.74) is 3.22. The highest BCUT2D eigenvalue weighted by Crippen LogP contribution is 2.34. The van der Waals surface area contributed by atoms with Gasteiger partial charge in [-0.3, -0.25) is 4.79 Å². The lowest BCUT2D eigenvalue weighted by Gasteiger charge is -2.29. The molecule has 0 aliphatic carbocycles. The number of rotatable bonds is 5. The molecule has 1 aliphatic heterocycles. The van der Waals surface area contributed by atoms with Crippen LogP contribution >= 0.6 is 0 Å². The van der Waals surface area contributed by atoms with E-state index in [1.807, 2.05) is 36.4 Å². The monoisotopic (exact) mass is 394 g/mol. The second-order valence-corrected chi connectivity index (χ2v) is 6.73. The molecule has 29 heavy (non-hydrogen) atoms. The summed E-state index contributed by atoms with van der Waals surface area (Å²) in [5.74, 6) is 2.34. The summed E-state index contributed by atoms with van der Waals surface area (Å²) < 4.78 is 21.5. The Morgan fingerprint density at radius 2 is 1.66 bits per heavy atom. The van der Waals surface area contributed by atoms with Gasteiger partial charge in [0.05, 0.1) is 26.9 Å². The largest absolute Gasteiger partial charge is 0.496 e. The van der Waals surface area contributed by atoms with Gasteiger partial charge in [0.1, 0.15) is 5.75 Å². The molecule has 2 aromatic carbocycles. The zero-order valence-electron chi connectivity index (χ0n) is 16.6. The van der Waals surface area contributed by atoms with Gasteiger partial charge in [0.2, 0.25) is 0 Å². The second-order valence-electron chi connectivity index (χ2n) is 6.73. The van der Waals surface area contributed by atoms with Crippen molar-refractivity contribution in [2.24, 2.45) is 0 Å². The molecule has 3 aromatic rings. The maximum Gasteiger partial charge on any atom is 0.276 e. The Bertz CT molecular complexity index is 1040. The molecule has 4 rings (SSSR count). The molecule has 1 aromatic heterocycles. The summed E-state index contributed by atoms with van der Waals surface area (Å²) in [6.07, 6.45) is 0.735. The van der Waals surface area contributed by atoms with Crippen LogP contribution in [0.4, 0.5) is 0 Å². The van der Waals surface area contributed by atoms with Gasteiger partial charge in [-0.05, 0) is 41.8 Å². The first kappa shape index (κ1) is 18.9. The fourth-order valence-corrected chi connectivity index (χ4v) is 3.57. The molecule has 0 saturated carbocycles. The third kappa shape index (κ3) is 3.51. The van der Waals surface area contributed by atoms with E-state index in [1.165, 1.54) is 0 Å². The zero-order chi connectivity index (χ0) is 20.4. The molecule has 7 nitrogen and oxygen atoms in total. The highest BCUT2D eigenvalue weighted by Gasteiger charge is 2.26. The van der Waals surface area contributed by atoms with E-state index in [0.717, 1.165) is 23.1 Å². The van der Waals surface area contributed by atoms with Crippen molar-refractivity contribution in [2.45, 2.75) is 13.0 Å². The Labute approximate surface area is 168 Å². The van der Waals surface area contributed by atoms with E-state index in [0.29, 0.717) is 36.1 Å². The number of hydrogen-bond acceptors (Lipinski definition) is 6. The first-order chi connectivity index (χ1) is 14.1. The van der Waals surface area contributed by atoms with Crippen molar-refractivity contribution in [1.29, 1.82) is 0 Å². The minimum atomic E-state index is -0.171. The fraction of sp³-hybridized carbons (Fsp3) is 0.273. The predicted molar refractivity (Wildman–Crippen MR) is 106 cm³/mol. The van der Waals surface area contributed by atoms with Crippen LogP contribution in [0.1, 0.15) is 21.6 Å². The Balaban J connectivity index is 1.57. The first-order valence-corrected chi connectivity index (χ1v) is 9.27. The molecular weight excluding hydrogens is 372 g/mol. The Morgan fingerprint density at radius 3 is 2.38 bits per heavy atom. The number of hydrogen-bond donors (Lipinski definition) is 0. The van der Waals surface area contributed by atoms with E-state index in [4.69, 9.17) is 18.7 Å². The molecule has 0 N–H and O–H groups in total. The van der Waals surface area contributed by atoms with E-state index in [2.05, 4.69) is 5.16 Å². The average molecular weight is 394 g/mol. The summed E-state index contributed by atoms with van der Waals surface area (Å²) in [7, 11) is 4.81. The summed E-state index contributed by atoms with van der Waals surface area (Å²) in [5, 5.41) is 3.99. The topological polar surface area (TPSA) is 74.0 Å². The zero-order valence-corrected chi connectivity index (χ0v) is 16.6. The summed E-state index contributed by atoms with van der Waals surface area (Å²) in [4.78, 5) is 14.8. The summed E-state index contributed by atoms with van der Waals surface area (Å²) in [6, 6.07) is 13.0. The van der Waals surface area contributed by atoms with Gasteiger partial charge < -0.3 is 23.6 Å². The molecule has 7 heteroatoms. The lowest BCUT2D eigenvalue weighted by atomic mass is 9.98. The van der Waals surface area contributed by atoms with Crippen molar-refractivity contribution in [3.63, 3.8) is 0 Å². The van der Waals surface area contributed by atoms with E-state index < -0.39 is 0 Å². The van der Waals surface area contributed by atoms with Crippen LogP contribution in [-0.2, 0) is 13.0 Å². The van der Waals surface area contributed by atoms with Gasteiger partial charge in [-0.15, -0.1) is 0 Å². The van der Waals surface area contributed by atoms with Crippen LogP contribution in [0.25, 0.3) is 11.3 Å². The standard InChI is InChI=1S/C22H22N2O5/c1-26-18-7-5-4-6-16(18)19-12-17(23-29-19)22(25)24-9-8-14-10-20(27-2)21(28-3)11-15(14)13-24/h4-7,10-12H,8-9,13H2,1-3H3. The third-order valence-corrected chi connectivity index (χ3v) is 5.11. The van der Waals surface area contributed by atoms with Crippen molar-refractivity contribution in [3.05, 3.63) is 59.3 Å². The molecule has 0 spiro atoms. The van der Waals surface area contributed by atoms with Crippen molar-refractivity contribution in [3.8, 4) is 28.6 Å². The number of carbonyl (C=O) groups excluding carboxylic acids is 1. The summed E-state index contributed by atoms with van der Waals surface area (Å²) >= 11 is 0. The lowest BCUT2D eigenvalue weighted by Crippen LogP contribution is -2.36. The van der Waals surface area contributed by atoms with Crippen LogP contribution < -0.4 is 14.2 Å². The number of nitrogens with zero attached hydrogens (tertiary/aromatic N) is 2. The van der Waals surface area contributed by atoms with Gasteiger partial charge in [-0.1, -0.05) is 17.3 Å². The maximum atomic E-state index is 13.0. The highest BCUT2D eigenvalue weighted by molar-refractivity contribution is 5.93. The minimum Gasteiger partial charge on any atom is -0.496 e. The third-order valence-electron chi connectivity index (χ3n) is 5.11. The van der Waals surface area contributed by atoms with Crippen LogP contribution in [0, 0.1) is 0 Å². The quantitative estimate of drug-likeness (QED) is 0.659. The number of benzene rings is 2. The molecule has 0 atom stereocenters. The predicted octanol–water partition coefficient (Wildman–Crippen LogP) is 3.57. The van der Waals surface area contributed by atoms with Gasteiger partial charge in [0.15, 0.2) is 23.0 Å². The summed E-state index contributed by atoms with van der Waals surface area (Å²) in [6.45, 7) is 1.07. The van der Waals surface area contributed by atoms with Crippen LogP contribution in [0.5, 0.6) is 17.2 Å². The Kier molecular flexibility index (Phi) is 5.12. The van der Waals surface area contributed by atoms with E-state index >= 15 is 0 Å². The van der Waals surface area contributed by atoms with Crippen LogP contribution in [0.15, 0.2) is 47.0 Å². The number of carbonyl (C=O) groups is 1. The highest BCUT2D eigenvalue weighted by atomic mass is 16.5. The van der Waals surface area contributed by atoms with Gasteiger partial charge in [-0.25, -0.2) is 0 Å². The van der Waals surface area contributed by atoms with Crippen molar-refractivity contribution in [1.82, 2.24) is 10.1 Å². The van der Waals surface area contributed by atoms with Gasteiger partial charge in [0, 0.05) is 19.2 Å². The molecule has 2 heterocycles. The maximum absolute atomic E-state index is 13.0. The van der Waals surface area contributed by atoms with Crippen LogP contribution in [0.3, 0.4) is 0 Å². The normalized spacial score (nSPS) is 13.0. The van der Waals surface area contributed by atoms with Crippen molar-refractivity contribution < 1.29 is 23.5 Å². The molecular formula is C22H22N2O5. The molecule has 1 amide bonds. The molecule has 1 aliphatic rings. The molecule has 0 bridgehead atoms. The molecule has 0 radical (unpaired) electrons. The molecule has 150 valence electrons. The van der Waals surface area contributed by atoms with Crippen molar-refractivity contribution >= 4 is 5.91 Å². The minimum absolute atomic E-state index is 0.171. The first-order valence-electron chi connectivity index (χ1n) is 9.27. The Morgan fingerprint density at radius 1 is 0.966 bits per heavy atom. The number of aromatic nitrogens is 1. The fourth-order valence-electron chi connectivity index (χ4n) is 3.57. The molecule has 0 saturated heterocycles. The SMILES string of the molecule is COc1cc2c(cc1OC)CN(C(=O)c1cc(-c3ccccc3OC)on1)CC2. The second kappa shape index (κ2) is 7.87. The van der Waals surface area contributed by atoms with E-state index in [9.17, 15) is 4.79 Å². The Hall–Kier alpha value is -3.48. The lowest BCUT2D eigenvalue weighted by molar-refractivity contribution is 0.0724. The average Bonchev–Trinajstić information content (AvgIpc) is 3.27. The van der Waals surface area contributed by atoms with E-state index in [-0.39, 0.29) is 11.6 Å². The molecule has 0 unspecified atom stereocenters. The number of fused-ring (bicyclic) bond motifs is 1.